The zero-order valence-corrected chi connectivity index (χ0v) is 16.4. The van der Waals surface area contributed by atoms with E-state index in [2.05, 4.69) is 23.2 Å². The predicted octanol–water partition coefficient (Wildman–Crippen LogP) is 4.42. The summed E-state index contributed by atoms with van der Waals surface area (Å²) in [5, 5.41) is 3.05. The average Bonchev–Trinajstić information content (AvgIpc) is 3.40. The Bertz CT molecular complexity index is 941. The van der Waals surface area contributed by atoms with Gasteiger partial charge < -0.3 is 10.2 Å². The third-order valence-electron chi connectivity index (χ3n) is 5.71. The lowest BCUT2D eigenvalue weighted by molar-refractivity contribution is 0.0863. The van der Waals surface area contributed by atoms with Crippen LogP contribution in [-0.2, 0) is 6.42 Å². The molecule has 1 saturated carbocycles. The summed E-state index contributed by atoms with van der Waals surface area (Å²) < 4.78 is 0. The van der Waals surface area contributed by atoms with Crippen molar-refractivity contribution in [2.24, 2.45) is 5.41 Å². The van der Waals surface area contributed by atoms with Gasteiger partial charge in [-0.15, -0.1) is 0 Å². The average molecular weight is 362 g/mol. The van der Waals surface area contributed by atoms with Crippen LogP contribution in [-0.4, -0.2) is 24.8 Å². The van der Waals surface area contributed by atoms with E-state index in [1.165, 1.54) is 0 Å². The number of hydrogen-bond donors (Lipinski definition) is 1. The predicted molar refractivity (Wildman–Crippen MR) is 108 cm³/mol. The Morgan fingerprint density at radius 3 is 2.59 bits per heavy atom. The molecule has 0 radical (unpaired) electrons. The molecule has 0 unspecified atom stereocenters. The zero-order chi connectivity index (χ0) is 19.3. The van der Waals surface area contributed by atoms with E-state index in [0.29, 0.717) is 11.6 Å². The Balaban J connectivity index is 1.64. The van der Waals surface area contributed by atoms with Crippen molar-refractivity contribution >= 4 is 23.1 Å². The molecule has 2 aromatic rings. The van der Waals surface area contributed by atoms with Gasteiger partial charge in [-0.25, -0.2) is 0 Å². The first-order valence-electron chi connectivity index (χ1n) is 9.59. The Morgan fingerprint density at radius 2 is 1.89 bits per heavy atom. The second-order valence-electron chi connectivity index (χ2n) is 8.54. The smallest absolute Gasteiger partial charge is 0.251 e. The van der Waals surface area contributed by atoms with E-state index in [1.807, 2.05) is 51.2 Å². The van der Waals surface area contributed by atoms with E-state index < -0.39 is 0 Å². The summed E-state index contributed by atoms with van der Waals surface area (Å²) in [4.78, 5) is 27.0. The number of ketones is 1. The number of nitrogens with zero attached hydrogens (tertiary/aromatic N) is 1. The number of benzene rings is 2. The maximum atomic E-state index is 12.5. The molecule has 2 aliphatic carbocycles. The molecule has 0 bridgehead atoms. The van der Waals surface area contributed by atoms with Crippen molar-refractivity contribution in [1.82, 2.24) is 5.32 Å². The summed E-state index contributed by atoms with van der Waals surface area (Å²) in [6.07, 6.45) is 2.93. The Kier molecular flexibility index (Phi) is 4.10. The highest BCUT2D eigenvalue weighted by molar-refractivity contribution is 6.05. The topological polar surface area (TPSA) is 49.4 Å². The fourth-order valence-corrected chi connectivity index (χ4v) is 3.82. The molecule has 4 nitrogen and oxygen atoms in total. The quantitative estimate of drug-likeness (QED) is 0.876. The van der Waals surface area contributed by atoms with Gasteiger partial charge >= 0.3 is 0 Å². The van der Waals surface area contributed by atoms with Crippen LogP contribution in [0.4, 0.5) is 11.4 Å². The lowest BCUT2D eigenvalue weighted by atomic mass is 9.89. The summed E-state index contributed by atoms with van der Waals surface area (Å²) in [5.74, 6) is 0.218. The second kappa shape index (κ2) is 6.22. The Morgan fingerprint density at radius 1 is 1.15 bits per heavy atom. The number of amides is 1. The largest absolute Gasteiger partial charge is 0.349 e. The molecule has 1 fully saturated rings. The molecule has 0 saturated heterocycles. The summed E-state index contributed by atoms with van der Waals surface area (Å²) in [7, 11) is 2.01. The summed E-state index contributed by atoms with van der Waals surface area (Å²) in [5.41, 5.74) is 5.45. The SMILES string of the molecule is Cc1ccc(C(=O)NC2CC2)cc1N(C)c1ccc2c(c1)CC(C)(C)C2=O. The third-order valence-corrected chi connectivity index (χ3v) is 5.71. The highest BCUT2D eigenvalue weighted by Gasteiger charge is 2.37. The maximum Gasteiger partial charge on any atom is 0.251 e. The van der Waals surface area contributed by atoms with Crippen LogP contribution < -0.4 is 10.2 Å². The van der Waals surface area contributed by atoms with Crippen molar-refractivity contribution in [2.45, 2.75) is 46.1 Å². The van der Waals surface area contributed by atoms with E-state index in [9.17, 15) is 9.59 Å². The van der Waals surface area contributed by atoms with Gasteiger partial charge in [0.25, 0.3) is 5.91 Å². The van der Waals surface area contributed by atoms with E-state index in [-0.39, 0.29) is 17.1 Å². The van der Waals surface area contributed by atoms with Crippen LogP contribution >= 0.6 is 0 Å². The molecular formula is C23H26N2O2. The lowest BCUT2D eigenvalue weighted by Crippen LogP contribution is -2.25. The number of nitrogens with one attached hydrogen (secondary N) is 1. The number of anilines is 2. The number of carbonyl (C=O) groups excluding carboxylic acids is 2. The molecule has 0 heterocycles. The van der Waals surface area contributed by atoms with Crippen molar-refractivity contribution in [3.8, 4) is 0 Å². The second-order valence-corrected chi connectivity index (χ2v) is 8.54. The van der Waals surface area contributed by atoms with Crippen LogP contribution in [0, 0.1) is 12.3 Å². The third kappa shape index (κ3) is 3.25. The van der Waals surface area contributed by atoms with Gasteiger partial charge in [0, 0.05) is 41.0 Å². The summed E-state index contributed by atoms with van der Waals surface area (Å²) >= 11 is 0. The normalized spacial score (nSPS) is 17.6. The zero-order valence-electron chi connectivity index (χ0n) is 16.4. The number of fused-ring (bicyclic) bond motifs is 1. The fraction of sp³-hybridized carbons (Fsp3) is 0.391. The van der Waals surface area contributed by atoms with E-state index in [0.717, 1.165) is 47.3 Å². The standard InChI is InChI=1S/C23H26N2O2/c1-14-5-6-15(22(27)24-17-7-8-17)12-20(14)25(4)18-9-10-19-16(11-18)13-23(2,3)21(19)26/h5-6,9-12,17H,7-8,13H2,1-4H3,(H,24,27). The molecule has 1 N–H and O–H groups in total. The van der Waals surface area contributed by atoms with E-state index >= 15 is 0 Å². The first kappa shape index (κ1) is 17.8. The minimum Gasteiger partial charge on any atom is -0.349 e. The first-order valence-corrected chi connectivity index (χ1v) is 9.59. The van der Waals surface area contributed by atoms with E-state index in [1.54, 1.807) is 0 Å². The molecule has 0 spiro atoms. The Labute approximate surface area is 160 Å². The van der Waals surface area contributed by atoms with Crippen LogP contribution in [0.1, 0.15) is 58.5 Å². The monoisotopic (exact) mass is 362 g/mol. The lowest BCUT2D eigenvalue weighted by Gasteiger charge is -2.23. The van der Waals surface area contributed by atoms with Crippen LogP contribution in [0.15, 0.2) is 36.4 Å². The van der Waals surface area contributed by atoms with Gasteiger partial charge in [-0.05, 0) is 67.6 Å². The van der Waals surface area contributed by atoms with Crippen molar-refractivity contribution in [3.63, 3.8) is 0 Å². The molecule has 27 heavy (non-hydrogen) atoms. The summed E-state index contributed by atoms with van der Waals surface area (Å²) in [6.45, 7) is 6.06. The number of hydrogen-bond acceptors (Lipinski definition) is 3. The molecule has 4 heteroatoms. The van der Waals surface area contributed by atoms with Crippen molar-refractivity contribution in [2.75, 3.05) is 11.9 Å². The summed E-state index contributed by atoms with van der Waals surface area (Å²) in [6, 6.07) is 12.2. The number of rotatable bonds is 4. The van der Waals surface area contributed by atoms with Crippen LogP contribution in [0.25, 0.3) is 0 Å². The van der Waals surface area contributed by atoms with Crippen molar-refractivity contribution in [1.29, 1.82) is 0 Å². The van der Waals surface area contributed by atoms with Gasteiger partial charge in [0.1, 0.15) is 0 Å². The van der Waals surface area contributed by atoms with Crippen LogP contribution in [0.5, 0.6) is 0 Å². The van der Waals surface area contributed by atoms with Gasteiger partial charge in [0.05, 0.1) is 0 Å². The molecule has 0 atom stereocenters. The first-order chi connectivity index (χ1) is 12.8. The minimum atomic E-state index is -0.323. The molecule has 0 aromatic heterocycles. The van der Waals surface area contributed by atoms with Gasteiger partial charge in [-0.2, -0.15) is 0 Å². The molecule has 2 aromatic carbocycles. The molecule has 1 amide bonds. The fourth-order valence-electron chi connectivity index (χ4n) is 3.82. The molecule has 0 aliphatic heterocycles. The molecule has 140 valence electrons. The number of carbonyl (C=O) groups is 2. The Hall–Kier alpha value is -2.62. The molecule has 4 rings (SSSR count). The van der Waals surface area contributed by atoms with Crippen LogP contribution in [0.2, 0.25) is 0 Å². The highest BCUT2D eigenvalue weighted by atomic mass is 16.1. The van der Waals surface area contributed by atoms with E-state index in [4.69, 9.17) is 0 Å². The van der Waals surface area contributed by atoms with Crippen molar-refractivity contribution in [3.05, 3.63) is 58.7 Å². The van der Waals surface area contributed by atoms with Gasteiger partial charge in [0.15, 0.2) is 5.78 Å². The van der Waals surface area contributed by atoms with Gasteiger partial charge in [-0.1, -0.05) is 19.9 Å². The number of aryl methyl sites for hydroxylation is 1. The van der Waals surface area contributed by atoms with Gasteiger partial charge in [-0.3, -0.25) is 9.59 Å². The van der Waals surface area contributed by atoms with Gasteiger partial charge in [0.2, 0.25) is 0 Å². The number of Topliss-reactive ketones (excluding diaryl/α,β-unsaturated/α-hetero) is 1. The molecular weight excluding hydrogens is 336 g/mol. The van der Waals surface area contributed by atoms with Crippen LogP contribution in [0.3, 0.4) is 0 Å². The minimum absolute atomic E-state index is 0.00607. The molecule has 2 aliphatic rings. The highest BCUT2D eigenvalue weighted by Crippen LogP contribution is 2.39. The van der Waals surface area contributed by atoms with Crippen molar-refractivity contribution < 1.29 is 9.59 Å². The maximum absolute atomic E-state index is 12.5.